The van der Waals surface area contributed by atoms with Crippen molar-refractivity contribution >= 4 is 46.5 Å². The molecule has 46 heavy (non-hydrogen) atoms. The molecule has 8 nitrogen and oxygen atoms in total. The zero-order valence-electron chi connectivity index (χ0n) is 27.5. The third kappa shape index (κ3) is 5.66. The summed E-state index contributed by atoms with van der Waals surface area (Å²) in [5.74, 6) is -1.87. The number of fused-ring (bicyclic) bond motifs is 1. The molecular formula is C37H48N4O4S. The monoisotopic (exact) mass is 644 g/mol. The van der Waals surface area contributed by atoms with Crippen molar-refractivity contribution in [1.29, 1.82) is 0 Å². The minimum Gasteiger partial charge on any atom is -0.394 e. The van der Waals surface area contributed by atoms with Crippen LogP contribution in [0.1, 0.15) is 40.5 Å². The molecule has 0 saturated carbocycles. The molecule has 3 saturated heterocycles. The molecule has 3 amide bonds. The van der Waals surface area contributed by atoms with Crippen LogP contribution in [-0.4, -0.2) is 82.6 Å². The number of carbonyl (C=O) groups is 3. The second kappa shape index (κ2) is 14.1. The minimum atomic E-state index is -0.829. The maximum Gasteiger partial charge on any atom is 0.251 e. The highest BCUT2D eigenvalue weighted by molar-refractivity contribution is 8.02. The molecule has 3 aliphatic heterocycles. The van der Waals surface area contributed by atoms with Gasteiger partial charge in [-0.05, 0) is 69.0 Å². The minimum absolute atomic E-state index is 0.0808. The van der Waals surface area contributed by atoms with Gasteiger partial charge in [0.05, 0.1) is 29.2 Å². The third-order valence-corrected chi connectivity index (χ3v) is 12.0. The summed E-state index contributed by atoms with van der Waals surface area (Å²) in [6.45, 7) is 18.1. The van der Waals surface area contributed by atoms with Crippen LogP contribution in [0.25, 0.3) is 0 Å². The van der Waals surface area contributed by atoms with Gasteiger partial charge in [-0.25, -0.2) is 0 Å². The first-order chi connectivity index (χ1) is 22.2. The van der Waals surface area contributed by atoms with Crippen molar-refractivity contribution in [2.45, 2.75) is 62.6 Å². The maximum absolute atomic E-state index is 15.0. The summed E-state index contributed by atoms with van der Waals surface area (Å²) in [4.78, 5) is 51.6. The SMILES string of the molecule is C=CCN(C(=O)C1N([C@@H](CO)C(C)C)C(=O)[C@@H]2[C@@H](C(=O)N(CC=C)c3ccccc3)[C@H]3CCC12S3)c1ccc(N(CC)CC)cc1. The quantitative estimate of drug-likeness (QED) is 0.278. The Bertz CT molecular complexity index is 1430. The van der Waals surface area contributed by atoms with Crippen LogP contribution < -0.4 is 14.7 Å². The topological polar surface area (TPSA) is 84.4 Å². The lowest BCUT2D eigenvalue weighted by molar-refractivity contribution is -0.142. The molecule has 5 rings (SSSR count). The number of hydrogen-bond donors (Lipinski definition) is 1. The first kappa shape index (κ1) is 33.8. The van der Waals surface area contributed by atoms with Gasteiger partial charge in [-0.3, -0.25) is 14.4 Å². The first-order valence-electron chi connectivity index (χ1n) is 16.5. The van der Waals surface area contributed by atoms with E-state index in [0.717, 1.165) is 36.6 Å². The predicted molar refractivity (Wildman–Crippen MR) is 188 cm³/mol. The van der Waals surface area contributed by atoms with Gasteiger partial charge in [0.25, 0.3) is 5.91 Å². The molecule has 2 bridgehead atoms. The molecule has 1 spiro atoms. The molecule has 0 aromatic heterocycles. The molecule has 2 unspecified atom stereocenters. The molecular weight excluding hydrogens is 596 g/mol. The average Bonchev–Trinajstić information content (AvgIpc) is 3.71. The van der Waals surface area contributed by atoms with E-state index in [2.05, 4.69) is 31.9 Å². The molecule has 2 aromatic carbocycles. The van der Waals surface area contributed by atoms with Crippen molar-refractivity contribution in [2.24, 2.45) is 17.8 Å². The van der Waals surface area contributed by atoms with Crippen molar-refractivity contribution in [2.75, 3.05) is 47.5 Å². The summed E-state index contributed by atoms with van der Waals surface area (Å²) >= 11 is 1.65. The van der Waals surface area contributed by atoms with E-state index in [4.69, 9.17) is 0 Å². The fraction of sp³-hybridized carbons (Fsp3) is 0.486. The Labute approximate surface area is 278 Å². The summed E-state index contributed by atoms with van der Waals surface area (Å²) in [7, 11) is 0. The maximum atomic E-state index is 15.0. The van der Waals surface area contributed by atoms with Gasteiger partial charge in [0.15, 0.2) is 0 Å². The summed E-state index contributed by atoms with van der Waals surface area (Å²) in [6.07, 6.45) is 4.80. The van der Waals surface area contributed by atoms with E-state index in [-0.39, 0.29) is 42.0 Å². The smallest absolute Gasteiger partial charge is 0.251 e. The second-order valence-corrected chi connectivity index (χ2v) is 14.4. The normalized spacial score (nSPS) is 25.3. The van der Waals surface area contributed by atoms with Gasteiger partial charge in [-0.1, -0.05) is 44.2 Å². The number of carbonyl (C=O) groups excluding carboxylic acids is 3. The van der Waals surface area contributed by atoms with E-state index in [1.807, 2.05) is 68.4 Å². The van der Waals surface area contributed by atoms with E-state index in [1.165, 1.54) is 0 Å². The van der Waals surface area contributed by atoms with E-state index in [0.29, 0.717) is 13.0 Å². The molecule has 1 N–H and O–H groups in total. The number of aliphatic hydroxyl groups is 1. The van der Waals surface area contributed by atoms with Crippen LogP contribution in [0.15, 0.2) is 79.9 Å². The number of benzene rings is 2. The highest BCUT2D eigenvalue weighted by Crippen LogP contribution is 2.67. The lowest BCUT2D eigenvalue weighted by Gasteiger charge is -2.40. The Kier molecular flexibility index (Phi) is 10.3. The van der Waals surface area contributed by atoms with Gasteiger partial charge < -0.3 is 24.7 Å². The fourth-order valence-corrected chi connectivity index (χ4v) is 10.1. The van der Waals surface area contributed by atoms with Gasteiger partial charge in [0.1, 0.15) is 6.04 Å². The van der Waals surface area contributed by atoms with Gasteiger partial charge in [0, 0.05) is 48.5 Å². The van der Waals surface area contributed by atoms with Crippen molar-refractivity contribution in [3.8, 4) is 0 Å². The number of likely N-dealkylation sites (tertiary alicyclic amines) is 1. The highest BCUT2D eigenvalue weighted by Gasteiger charge is 2.74. The second-order valence-electron chi connectivity index (χ2n) is 12.8. The van der Waals surface area contributed by atoms with Crippen LogP contribution in [0.5, 0.6) is 0 Å². The van der Waals surface area contributed by atoms with Crippen LogP contribution in [0, 0.1) is 17.8 Å². The lowest BCUT2D eigenvalue weighted by Crippen LogP contribution is -2.58. The summed E-state index contributed by atoms with van der Waals surface area (Å²) in [5, 5.41) is 10.6. The van der Waals surface area contributed by atoms with Crippen LogP contribution in [0.4, 0.5) is 17.1 Å². The Balaban J connectivity index is 1.58. The van der Waals surface area contributed by atoms with Crippen LogP contribution in [0.2, 0.25) is 0 Å². The number of anilines is 3. The number of thioether (sulfide) groups is 1. The van der Waals surface area contributed by atoms with Crippen molar-refractivity contribution < 1.29 is 19.5 Å². The number of para-hydroxylation sites is 1. The van der Waals surface area contributed by atoms with Crippen LogP contribution >= 0.6 is 11.8 Å². The standard InChI is InChI=1S/C37H48N4O4S/c1-7-22-39(27-14-12-11-13-15-27)34(43)31-30-20-21-37(46-30)32(31)35(44)41(29(24-42)25(5)6)33(37)36(45)40(23-8-2)28-18-16-26(17-19-28)38(9-3)10-4/h7-8,11-19,25,29-33,42H,1-2,9-10,20-24H2,3-6H3/t29-,30+,31-,32-,33?,37?/m0/s1. The largest absolute Gasteiger partial charge is 0.394 e. The molecule has 246 valence electrons. The Morgan fingerprint density at radius 1 is 0.957 bits per heavy atom. The molecule has 3 aliphatic rings. The van der Waals surface area contributed by atoms with E-state index in [9.17, 15) is 19.5 Å². The first-order valence-corrected chi connectivity index (χ1v) is 17.4. The van der Waals surface area contributed by atoms with Crippen molar-refractivity contribution in [1.82, 2.24) is 4.90 Å². The highest BCUT2D eigenvalue weighted by atomic mass is 32.2. The van der Waals surface area contributed by atoms with Crippen molar-refractivity contribution in [3.05, 3.63) is 79.9 Å². The molecule has 3 fully saturated rings. The third-order valence-electron chi connectivity index (χ3n) is 10.1. The summed E-state index contributed by atoms with van der Waals surface area (Å²) in [5.41, 5.74) is 2.56. The predicted octanol–water partition coefficient (Wildman–Crippen LogP) is 5.38. The summed E-state index contributed by atoms with van der Waals surface area (Å²) < 4.78 is -0.779. The number of nitrogens with zero attached hydrogens (tertiary/aromatic N) is 4. The zero-order chi connectivity index (χ0) is 33.2. The van der Waals surface area contributed by atoms with Crippen molar-refractivity contribution in [3.63, 3.8) is 0 Å². The van der Waals surface area contributed by atoms with Gasteiger partial charge in [-0.2, -0.15) is 0 Å². The number of aliphatic hydroxyl groups excluding tert-OH is 1. The van der Waals surface area contributed by atoms with E-state index >= 15 is 0 Å². The summed E-state index contributed by atoms with van der Waals surface area (Å²) in [6, 6.07) is 16.0. The lowest BCUT2D eigenvalue weighted by atomic mass is 9.70. The number of amides is 3. The average molecular weight is 645 g/mol. The molecule has 3 heterocycles. The Hall–Kier alpha value is -3.56. The van der Waals surface area contributed by atoms with E-state index < -0.39 is 28.7 Å². The Morgan fingerprint density at radius 2 is 1.52 bits per heavy atom. The molecule has 9 heteroatoms. The molecule has 6 atom stereocenters. The van der Waals surface area contributed by atoms with Gasteiger partial charge in [0.2, 0.25) is 11.8 Å². The zero-order valence-corrected chi connectivity index (χ0v) is 28.4. The van der Waals surface area contributed by atoms with Gasteiger partial charge in [-0.15, -0.1) is 24.9 Å². The number of rotatable bonds is 14. The van der Waals surface area contributed by atoms with E-state index in [1.54, 1.807) is 38.6 Å². The molecule has 2 aromatic rings. The fourth-order valence-electron chi connectivity index (χ4n) is 7.90. The van der Waals surface area contributed by atoms with Crippen LogP contribution in [0.3, 0.4) is 0 Å². The molecule has 0 radical (unpaired) electrons. The van der Waals surface area contributed by atoms with Gasteiger partial charge >= 0.3 is 0 Å². The molecule has 0 aliphatic carbocycles. The van der Waals surface area contributed by atoms with Crippen LogP contribution in [-0.2, 0) is 14.4 Å². The number of hydrogen-bond acceptors (Lipinski definition) is 6. The Morgan fingerprint density at radius 3 is 2.07 bits per heavy atom.